The fraction of sp³-hybridized carbons (Fsp3) is 0.923. The molecular weight excluding hydrogens is 218 g/mol. The van der Waals surface area contributed by atoms with Gasteiger partial charge in [0.2, 0.25) is 0 Å². The van der Waals surface area contributed by atoms with Gasteiger partial charge in [-0.15, -0.1) is 0 Å². The third kappa shape index (κ3) is 10.4. The largest absolute Gasteiger partial charge is 0.380 e. The SMILES string of the molecule is CCC(=O)[C@@H](C)OCCCOCCNC(C)C. The lowest BCUT2D eigenvalue weighted by atomic mass is 10.2. The second kappa shape index (κ2) is 10.7. The molecule has 0 saturated heterocycles. The van der Waals surface area contributed by atoms with Gasteiger partial charge in [-0.3, -0.25) is 4.79 Å². The topological polar surface area (TPSA) is 47.6 Å². The Balaban J connectivity index is 3.21. The summed E-state index contributed by atoms with van der Waals surface area (Å²) in [5, 5.41) is 3.28. The fourth-order valence-corrected chi connectivity index (χ4v) is 1.32. The van der Waals surface area contributed by atoms with Crippen molar-refractivity contribution in [1.29, 1.82) is 0 Å². The van der Waals surface area contributed by atoms with Gasteiger partial charge in [0.1, 0.15) is 6.10 Å². The molecule has 0 saturated carbocycles. The van der Waals surface area contributed by atoms with Gasteiger partial charge in [0, 0.05) is 32.2 Å². The highest BCUT2D eigenvalue weighted by molar-refractivity contribution is 5.82. The molecule has 4 nitrogen and oxygen atoms in total. The summed E-state index contributed by atoms with van der Waals surface area (Å²) in [5.74, 6) is 0.159. The molecule has 0 aromatic rings. The second-order valence-electron chi connectivity index (χ2n) is 4.41. The average molecular weight is 245 g/mol. The molecule has 0 heterocycles. The highest BCUT2D eigenvalue weighted by atomic mass is 16.5. The number of rotatable bonds is 11. The molecule has 0 radical (unpaired) electrons. The smallest absolute Gasteiger partial charge is 0.160 e. The van der Waals surface area contributed by atoms with Crippen molar-refractivity contribution in [2.75, 3.05) is 26.4 Å². The predicted molar refractivity (Wildman–Crippen MR) is 69.3 cm³/mol. The first kappa shape index (κ1) is 16.6. The third-order valence-electron chi connectivity index (χ3n) is 2.40. The van der Waals surface area contributed by atoms with Crippen molar-refractivity contribution in [3.05, 3.63) is 0 Å². The van der Waals surface area contributed by atoms with Crippen LogP contribution >= 0.6 is 0 Å². The molecule has 4 heteroatoms. The molecule has 0 aliphatic carbocycles. The number of carbonyl (C=O) groups is 1. The van der Waals surface area contributed by atoms with Crippen molar-refractivity contribution in [2.24, 2.45) is 0 Å². The Kier molecular flexibility index (Phi) is 10.4. The summed E-state index contributed by atoms with van der Waals surface area (Å²) in [6.07, 6.45) is 1.10. The van der Waals surface area contributed by atoms with Crippen molar-refractivity contribution < 1.29 is 14.3 Å². The number of Topliss-reactive ketones (excluding diaryl/α,β-unsaturated/α-hetero) is 1. The zero-order chi connectivity index (χ0) is 13.1. The Bertz CT molecular complexity index is 195. The summed E-state index contributed by atoms with van der Waals surface area (Å²) in [6.45, 7) is 10.8. The number of ketones is 1. The maximum absolute atomic E-state index is 11.2. The molecule has 17 heavy (non-hydrogen) atoms. The Morgan fingerprint density at radius 3 is 2.47 bits per heavy atom. The Labute approximate surface area is 105 Å². The molecule has 0 aromatic heterocycles. The fourth-order valence-electron chi connectivity index (χ4n) is 1.32. The lowest BCUT2D eigenvalue weighted by Gasteiger charge is -2.11. The predicted octanol–water partition coefficient (Wildman–Crippen LogP) is 1.78. The first-order valence-corrected chi connectivity index (χ1v) is 6.53. The molecule has 0 bridgehead atoms. The van der Waals surface area contributed by atoms with E-state index in [1.807, 2.05) is 6.92 Å². The van der Waals surface area contributed by atoms with Gasteiger partial charge in [0.25, 0.3) is 0 Å². The van der Waals surface area contributed by atoms with Crippen LogP contribution in [0.5, 0.6) is 0 Å². The summed E-state index contributed by atoms with van der Waals surface area (Å²) in [4.78, 5) is 11.2. The van der Waals surface area contributed by atoms with E-state index < -0.39 is 0 Å². The number of hydrogen-bond donors (Lipinski definition) is 1. The molecule has 0 fully saturated rings. The van der Waals surface area contributed by atoms with Gasteiger partial charge in [-0.05, 0) is 13.3 Å². The molecule has 0 aliphatic heterocycles. The van der Waals surface area contributed by atoms with E-state index >= 15 is 0 Å². The monoisotopic (exact) mass is 245 g/mol. The maximum Gasteiger partial charge on any atom is 0.160 e. The van der Waals surface area contributed by atoms with E-state index in [0.29, 0.717) is 25.7 Å². The van der Waals surface area contributed by atoms with Gasteiger partial charge < -0.3 is 14.8 Å². The second-order valence-corrected chi connectivity index (χ2v) is 4.41. The first-order valence-electron chi connectivity index (χ1n) is 6.53. The number of ether oxygens (including phenoxy) is 2. The zero-order valence-corrected chi connectivity index (χ0v) is 11.6. The Morgan fingerprint density at radius 1 is 1.18 bits per heavy atom. The summed E-state index contributed by atoms with van der Waals surface area (Å²) >= 11 is 0. The van der Waals surface area contributed by atoms with E-state index in [1.165, 1.54) is 0 Å². The van der Waals surface area contributed by atoms with E-state index in [9.17, 15) is 4.79 Å². The van der Waals surface area contributed by atoms with E-state index in [-0.39, 0.29) is 11.9 Å². The van der Waals surface area contributed by atoms with Crippen molar-refractivity contribution in [3.8, 4) is 0 Å². The van der Waals surface area contributed by atoms with Crippen molar-refractivity contribution in [1.82, 2.24) is 5.32 Å². The number of hydrogen-bond acceptors (Lipinski definition) is 4. The Hall–Kier alpha value is -0.450. The molecule has 1 atom stereocenters. The highest BCUT2D eigenvalue weighted by Crippen LogP contribution is 1.97. The van der Waals surface area contributed by atoms with Crippen LogP contribution in [0.3, 0.4) is 0 Å². The van der Waals surface area contributed by atoms with Crippen LogP contribution in [0.25, 0.3) is 0 Å². The van der Waals surface area contributed by atoms with Crippen LogP contribution in [-0.2, 0) is 14.3 Å². The summed E-state index contributed by atoms with van der Waals surface area (Å²) in [6, 6.07) is 0.503. The van der Waals surface area contributed by atoms with Crippen LogP contribution in [0.2, 0.25) is 0 Å². The van der Waals surface area contributed by atoms with Crippen LogP contribution in [0, 0.1) is 0 Å². The summed E-state index contributed by atoms with van der Waals surface area (Å²) < 4.78 is 10.8. The molecule has 102 valence electrons. The molecule has 0 aliphatic rings. The van der Waals surface area contributed by atoms with E-state index in [0.717, 1.165) is 19.6 Å². The zero-order valence-electron chi connectivity index (χ0n) is 11.6. The van der Waals surface area contributed by atoms with Gasteiger partial charge in [-0.25, -0.2) is 0 Å². The minimum absolute atomic E-state index is 0.159. The van der Waals surface area contributed by atoms with Crippen LogP contribution in [0.15, 0.2) is 0 Å². The molecule has 0 rings (SSSR count). The van der Waals surface area contributed by atoms with Crippen molar-refractivity contribution in [3.63, 3.8) is 0 Å². The lowest BCUT2D eigenvalue weighted by Crippen LogP contribution is -2.27. The normalized spacial score (nSPS) is 13.0. The summed E-state index contributed by atoms with van der Waals surface area (Å²) in [5.41, 5.74) is 0. The molecular formula is C13H27NO3. The van der Waals surface area contributed by atoms with E-state index in [4.69, 9.17) is 9.47 Å². The van der Waals surface area contributed by atoms with E-state index in [2.05, 4.69) is 19.2 Å². The molecule has 0 unspecified atom stereocenters. The molecule has 1 N–H and O–H groups in total. The van der Waals surface area contributed by atoms with Crippen LogP contribution < -0.4 is 5.32 Å². The molecule has 0 spiro atoms. The van der Waals surface area contributed by atoms with Crippen LogP contribution in [0.1, 0.15) is 40.5 Å². The Morgan fingerprint density at radius 2 is 1.88 bits per heavy atom. The number of carbonyl (C=O) groups excluding carboxylic acids is 1. The van der Waals surface area contributed by atoms with E-state index in [1.54, 1.807) is 6.92 Å². The third-order valence-corrected chi connectivity index (χ3v) is 2.40. The van der Waals surface area contributed by atoms with Gasteiger partial charge in [0.15, 0.2) is 5.78 Å². The van der Waals surface area contributed by atoms with Gasteiger partial charge >= 0.3 is 0 Å². The first-order chi connectivity index (χ1) is 8.07. The average Bonchev–Trinajstić information content (AvgIpc) is 2.30. The standard InChI is InChI=1S/C13H27NO3/c1-5-13(15)12(4)17-9-6-8-16-10-7-14-11(2)3/h11-12,14H,5-10H2,1-4H3/t12-/m1/s1. The molecule has 0 aromatic carbocycles. The number of nitrogens with one attached hydrogen (secondary N) is 1. The minimum Gasteiger partial charge on any atom is -0.380 e. The van der Waals surface area contributed by atoms with Gasteiger partial charge in [0.05, 0.1) is 6.61 Å². The van der Waals surface area contributed by atoms with Crippen LogP contribution in [0.4, 0.5) is 0 Å². The van der Waals surface area contributed by atoms with Gasteiger partial charge in [-0.2, -0.15) is 0 Å². The van der Waals surface area contributed by atoms with Crippen molar-refractivity contribution >= 4 is 5.78 Å². The minimum atomic E-state index is -0.275. The van der Waals surface area contributed by atoms with Gasteiger partial charge in [-0.1, -0.05) is 20.8 Å². The summed E-state index contributed by atoms with van der Waals surface area (Å²) in [7, 11) is 0. The quantitative estimate of drug-likeness (QED) is 0.564. The lowest BCUT2D eigenvalue weighted by molar-refractivity contribution is -0.129. The maximum atomic E-state index is 11.2. The van der Waals surface area contributed by atoms with Crippen molar-refractivity contribution in [2.45, 2.75) is 52.7 Å². The highest BCUT2D eigenvalue weighted by Gasteiger charge is 2.09. The molecule has 0 amide bonds. The van der Waals surface area contributed by atoms with Crippen LogP contribution in [-0.4, -0.2) is 44.3 Å².